The van der Waals surface area contributed by atoms with Gasteiger partial charge in [0, 0.05) is 12.6 Å². The minimum atomic E-state index is 0.822. The maximum atomic E-state index is 2.62. The van der Waals surface area contributed by atoms with Crippen molar-refractivity contribution in [2.24, 2.45) is 29.6 Å². The Balaban J connectivity index is 1.91. The zero-order valence-corrected chi connectivity index (χ0v) is 9.48. The third-order valence-electron chi connectivity index (χ3n) is 4.77. The van der Waals surface area contributed by atoms with Crippen molar-refractivity contribution in [2.75, 3.05) is 13.6 Å². The summed E-state index contributed by atoms with van der Waals surface area (Å²) < 4.78 is 0. The highest BCUT2D eigenvalue weighted by molar-refractivity contribution is 5.18. The van der Waals surface area contributed by atoms with Crippen molar-refractivity contribution in [1.29, 1.82) is 0 Å². The van der Waals surface area contributed by atoms with Crippen molar-refractivity contribution in [3.8, 4) is 0 Å². The van der Waals surface area contributed by atoms with Gasteiger partial charge in [-0.3, -0.25) is 0 Å². The van der Waals surface area contributed by atoms with Gasteiger partial charge in [0.25, 0.3) is 0 Å². The Kier molecular flexibility index (Phi) is 1.82. The Morgan fingerprint density at radius 2 is 1.93 bits per heavy atom. The van der Waals surface area contributed by atoms with E-state index >= 15 is 0 Å². The number of nitrogens with zero attached hydrogens (tertiary/aromatic N) is 1. The molecule has 1 aliphatic heterocycles. The lowest BCUT2D eigenvalue weighted by Crippen LogP contribution is -2.36. The molecule has 5 unspecified atom stereocenters. The van der Waals surface area contributed by atoms with Gasteiger partial charge >= 0.3 is 0 Å². The quantitative estimate of drug-likeness (QED) is 0.575. The zero-order valence-electron chi connectivity index (χ0n) is 9.48. The Morgan fingerprint density at radius 3 is 2.64 bits per heavy atom. The molecule has 1 heterocycles. The van der Waals surface area contributed by atoms with Crippen LogP contribution in [0, 0.1) is 29.6 Å². The molecular formula is C13H21N. The highest BCUT2D eigenvalue weighted by Crippen LogP contribution is 2.54. The number of fused-ring (bicyclic) bond motifs is 5. The molecule has 0 amide bonds. The average molecular weight is 191 g/mol. The Morgan fingerprint density at radius 1 is 1.21 bits per heavy atom. The topological polar surface area (TPSA) is 3.24 Å². The van der Waals surface area contributed by atoms with Crippen LogP contribution in [0.2, 0.25) is 0 Å². The van der Waals surface area contributed by atoms with Crippen LogP contribution in [0.1, 0.15) is 20.3 Å². The molecule has 0 spiro atoms. The third-order valence-corrected chi connectivity index (χ3v) is 4.77. The van der Waals surface area contributed by atoms with Crippen LogP contribution in [0.25, 0.3) is 0 Å². The van der Waals surface area contributed by atoms with E-state index in [4.69, 9.17) is 0 Å². The van der Waals surface area contributed by atoms with E-state index in [9.17, 15) is 0 Å². The summed E-state index contributed by atoms with van der Waals surface area (Å²) in [6.45, 7) is 6.12. The summed E-state index contributed by atoms with van der Waals surface area (Å²) >= 11 is 0. The van der Waals surface area contributed by atoms with Crippen LogP contribution in [-0.4, -0.2) is 24.5 Å². The lowest BCUT2D eigenvalue weighted by molar-refractivity contribution is 0.190. The average Bonchev–Trinajstić information content (AvgIpc) is 2.70. The summed E-state index contributed by atoms with van der Waals surface area (Å²) in [6, 6.07) is 0.847. The molecule has 0 radical (unpaired) electrons. The second-order valence-electron chi connectivity index (χ2n) is 5.86. The molecule has 78 valence electrons. The van der Waals surface area contributed by atoms with E-state index in [1.165, 1.54) is 13.0 Å². The maximum Gasteiger partial charge on any atom is 0.0152 e. The normalized spacial score (nSPS) is 50.7. The first-order valence-corrected chi connectivity index (χ1v) is 6.07. The fraction of sp³-hybridized carbons (Fsp3) is 0.846. The number of rotatable bonds is 1. The molecule has 1 saturated carbocycles. The molecule has 5 atom stereocenters. The van der Waals surface area contributed by atoms with E-state index in [0.29, 0.717) is 0 Å². The van der Waals surface area contributed by atoms with Gasteiger partial charge in [-0.15, -0.1) is 0 Å². The largest absolute Gasteiger partial charge is 0.303 e. The van der Waals surface area contributed by atoms with Crippen molar-refractivity contribution in [1.82, 2.24) is 4.90 Å². The van der Waals surface area contributed by atoms with Gasteiger partial charge in [0.15, 0.2) is 0 Å². The summed E-state index contributed by atoms with van der Waals surface area (Å²) in [4.78, 5) is 2.62. The van der Waals surface area contributed by atoms with Crippen molar-refractivity contribution in [3.63, 3.8) is 0 Å². The van der Waals surface area contributed by atoms with E-state index in [2.05, 4.69) is 37.9 Å². The van der Waals surface area contributed by atoms with Crippen LogP contribution in [0.4, 0.5) is 0 Å². The third kappa shape index (κ3) is 0.995. The molecule has 2 aliphatic carbocycles. The first-order valence-electron chi connectivity index (χ1n) is 6.07. The Labute approximate surface area is 87.2 Å². The Bertz CT molecular complexity index is 268. The lowest BCUT2D eigenvalue weighted by Gasteiger charge is -2.31. The van der Waals surface area contributed by atoms with Crippen LogP contribution < -0.4 is 0 Å². The van der Waals surface area contributed by atoms with Gasteiger partial charge in [-0.25, -0.2) is 0 Å². The molecule has 1 saturated heterocycles. The highest BCUT2D eigenvalue weighted by Gasteiger charge is 2.53. The molecule has 0 aromatic carbocycles. The first-order chi connectivity index (χ1) is 6.68. The van der Waals surface area contributed by atoms with Gasteiger partial charge in [-0.2, -0.15) is 0 Å². The molecule has 2 bridgehead atoms. The van der Waals surface area contributed by atoms with Crippen molar-refractivity contribution < 1.29 is 0 Å². The van der Waals surface area contributed by atoms with Crippen molar-refractivity contribution in [2.45, 2.75) is 26.3 Å². The molecule has 3 aliphatic rings. The second-order valence-corrected chi connectivity index (χ2v) is 5.86. The molecule has 0 N–H and O–H groups in total. The van der Waals surface area contributed by atoms with Gasteiger partial charge in [-0.05, 0) is 43.1 Å². The van der Waals surface area contributed by atoms with Gasteiger partial charge < -0.3 is 4.90 Å². The van der Waals surface area contributed by atoms with E-state index in [1.807, 2.05) is 0 Å². The van der Waals surface area contributed by atoms with Crippen LogP contribution in [0.5, 0.6) is 0 Å². The molecule has 1 heteroatoms. The second kappa shape index (κ2) is 2.85. The van der Waals surface area contributed by atoms with E-state index in [-0.39, 0.29) is 0 Å². The van der Waals surface area contributed by atoms with Crippen molar-refractivity contribution in [3.05, 3.63) is 12.2 Å². The number of hydrogen-bond acceptors (Lipinski definition) is 1. The summed E-state index contributed by atoms with van der Waals surface area (Å²) in [7, 11) is 2.32. The fourth-order valence-electron chi connectivity index (χ4n) is 4.43. The summed E-state index contributed by atoms with van der Waals surface area (Å²) in [6.07, 6.45) is 6.45. The van der Waals surface area contributed by atoms with Gasteiger partial charge in [-0.1, -0.05) is 26.0 Å². The van der Waals surface area contributed by atoms with Crippen LogP contribution in [-0.2, 0) is 0 Å². The lowest BCUT2D eigenvalue weighted by atomic mass is 9.78. The van der Waals surface area contributed by atoms with E-state index in [0.717, 1.165) is 35.6 Å². The van der Waals surface area contributed by atoms with Gasteiger partial charge in [0.05, 0.1) is 0 Å². The van der Waals surface area contributed by atoms with Crippen LogP contribution in [0.15, 0.2) is 12.2 Å². The fourth-order valence-corrected chi connectivity index (χ4v) is 4.43. The standard InChI is InChI=1S/C13H21N/c1-8(2)13-12-10-5-4-9(6-10)11(12)7-14(13)3/h4-5,8-13H,6-7H2,1-3H3. The summed E-state index contributed by atoms with van der Waals surface area (Å²) in [5, 5.41) is 0. The SMILES string of the molecule is CC(C)C1C2C3C=CC(C3)C2CN1C. The smallest absolute Gasteiger partial charge is 0.0152 e. The predicted octanol–water partition coefficient (Wildman–Crippen LogP) is 2.39. The van der Waals surface area contributed by atoms with Crippen LogP contribution in [0.3, 0.4) is 0 Å². The molecule has 1 nitrogen and oxygen atoms in total. The molecule has 0 aromatic rings. The molecule has 3 rings (SSSR count). The predicted molar refractivity (Wildman–Crippen MR) is 59.0 cm³/mol. The first kappa shape index (κ1) is 8.96. The summed E-state index contributed by atoms with van der Waals surface area (Å²) in [5.74, 6) is 4.64. The molecule has 14 heavy (non-hydrogen) atoms. The minimum absolute atomic E-state index is 0.822. The molecule has 2 fully saturated rings. The van der Waals surface area contributed by atoms with Gasteiger partial charge in [0.1, 0.15) is 0 Å². The van der Waals surface area contributed by atoms with E-state index in [1.54, 1.807) is 0 Å². The van der Waals surface area contributed by atoms with Crippen LogP contribution >= 0.6 is 0 Å². The summed E-state index contributed by atoms with van der Waals surface area (Å²) in [5.41, 5.74) is 0. The van der Waals surface area contributed by atoms with E-state index < -0.39 is 0 Å². The maximum absolute atomic E-state index is 2.62. The number of hydrogen-bond donors (Lipinski definition) is 0. The highest BCUT2D eigenvalue weighted by atomic mass is 15.2. The number of likely N-dealkylation sites (tertiary alicyclic amines) is 1. The Hall–Kier alpha value is -0.300. The molecule has 0 aromatic heterocycles. The monoisotopic (exact) mass is 191 g/mol. The van der Waals surface area contributed by atoms with Crippen molar-refractivity contribution >= 4 is 0 Å². The minimum Gasteiger partial charge on any atom is -0.303 e. The molecular weight excluding hydrogens is 170 g/mol. The van der Waals surface area contributed by atoms with Gasteiger partial charge in [0.2, 0.25) is 0 Å². The zero-order chi connectivity index (χ0) is 9.87. The number of allylic oxidation sites excluding steroid dienone is 2.